The van der Waals surface area contributed by atoms with E-state index in [0.29, 0.717) is 23.2 Å². The van der Waals surface area contributed by atoms with Crippen molar-refractivity contribution in [3.8, 4) is 0 Å². The van der Waals surface area contributed by atoms with Crippen LogP contribution in [0.3, 0.4) is 0 Å². The van der Waals surface area contributed by atoms with E-state index in [1.807, 2.05) is 36.1 Å². The molecule has 9 nitrogen and oxygen atoms in total. The lowest BCUT2D eigenvalue weighted by molar-refractivity contribution is 0.0562. The van der Waals surface area contributed by atoms with Crippen molar-refractivity contribution in [1.82, 2.24) is 25.6 Å². The third kappa shape index (κ3) is 5.56. The van der Waals surface area contributed by atoms with Gasteiger partial charge in [0, 0.05) is 54.3 Å². The van der Waals surface area contributed by atoms with Crippen LogP contribution in [-0.4, -0.2) is 87.8 Å². The first-order valence-electron chi connectivity index (χ1n) is 13.3. The number of carbonyl (C=O) groups is 1. The van der Waals surface area contributed by atoms with Crippen LogP contribution in [0.5, 0.6) is 0 Å². The van der Waals surface area contributed by atoms with Gasteiger partial charge in [0.2, 0.25) is 0 Å². The third-order valence-corrected chi connectivity index (χ3v) is 8.24. The highest BCUT2D eigenvalue weighted by Crippen LogP contribution is 2.32. The molecule has 1 amide bonds. The number of hydrogen-bond donors (Lipinski definition) is 4. The molecule has 4 heterocycles. The minimum absolute atomic E-state index is 0.000316. The van der Waals surface area contributed by atoms with Crippen LogP contribution < -0.4 is 15.5 Å². The Morgan fingerprint density at radius 3 is 2.84 bits per heavy atom. The van der Waals surface area contributed by atoms with Gasteiger partial charge in [-0.05, 0) is 64.3 Å². The average molecular weight is 560 g/mol. The van der Waals surface area contributed by atoms with Crippen LogP contribution in [0.1, 0.15) is 50.4 Å². The highest BCUT2D eigenvalue weighted by atomic mass is 35.5. The van der Waals surface area contributed by atoms with E-state index in [-0.39, 0.29) is 30.1 Å². The summed E-state index contributed by atoms with van der Waals surface area (Å²) < 4.78 is 3.23. The molecule has 11 heteroatoms. The molecule has 0 saturated carbocycles. The van der Waals surface area contributed by atoms with Crippen molar-refractivity contribution in [2.24, 2.45) is 4.99 Å². The molecule has 0 aliphatic carbocycles. The van der Waals surface area contributed by atoms with E-state index < -0.39 is 0 Å². The first-order valence-corrected chi connectivity index (χ1v) is 14.9. The lowest BCUT2D eigenvalue weighted by Crippen LogP contribution is -2.65. The number of nitrogens with one attached hydrogen (secondary N) is 3. The van der Waals surface area contributed by atoms with Crippen molar-refractivity contribution in [2.75, 3.05) is 37.2 Å². The Kier molecular flexibility index (Phi) is 7.98. The molecule has 38 heavy (non-hydrogen) atoms. The molecule has 0 radical (unpaired) electrons. The SMILES string of the molecule is CSNc1ccc(Cl)cc1C(=O)N1CCCCC1C1C=C2N=C(N3CC(NC(C)(C)CO)C3)C(C)=CN2N1. The zero-order valence-electron chi connectivity index (χ0n) is 22.5. The van der Waals surface area contributed by atoms with Gasteiger partial charge in [-0.3, -0.25) is 9.80 Å². The van der Waals surface area contributed by atoms with Crippen LogP contribution in [-0.2, 0) is 0 Å². The number of fused-ring (bicyclic) bond motifs is 1. The standard InChI is InChI=1S/C27H38ClN7O2S/c1-17-13-35-24(29-25(17)33-14-19(15-33)30-27(2,3)16-36)12-22(31-35)23-7-5-6-10-34(23)26(37)20-11-18(28)8-9-21(20)32-38-4/h8-9,11-13,19,22-23,30-32,36H,5-7,10,14-16H2,1-4H3. The van der Waals surface area contributed by atoms with Crippen LogP contribution in [0.25, 0.3) is 0 Å². The van der Waals surface area contributed by atoms with E-state index in [1.165, 1.54) is 11.9 Å². The van der Waals surface area contributed by atoms with Gasteiger partial charge < -0.3 is 24.9 Å². The van der Waals surface area contributed by atoms with E-state index in [2.05, 4.69) is 39.6 Å². The van der Waals surface area contributed by atoms with E-state index in [9.17, 15) is 9.90 Å². The van der Waals surface area contributed by atoms with E-state index in [0.717, 1.165) is 55.3 Å². The first-order chi connectivity index (χ1) is 18.2. The molecular formula is C27H38ClN7O2S. The second kappa shape index (κ2) is 11.1. The Bertz CT molecular complexity index is 1160. The number of benzene rings is 1. The topological polar surface area (TPSA) is 95.5 Å². The molecule has 2 saturated heterocycles. The van der Waals surface area contributed by atoms with Crippen LogP contribution in [0, 0.1) is 0 Å². The minimum Gasteiger partial charge on any atom is -0.394 e. The van der Waals surface area contributed by atoms with Crippen molar-refractivity contribution in [3.63, 3.8) is 0 Å². The zero-order valence-corrected chi connectivity index (χ0v) is 24.1. The number of nitrogens with zero attached hydrogens (tertiary/aromatic N) is 4. The number of halogens is 1. The van der Waals surface area contributed by atoms with Gasteiger partial charge in [0.05, 0.1) is 29.9 Å². The molecule has 1 aromatic rings. The van der Waals surface area contributed by atoms with E-state index in [1.54, 1.807) is 12.1 Å². The smallest absolute Gasteiger partial charge is 0.256 e. The molecule has 2 unspecified atom stereocenters. The number of aliphatic hydroxyl groups excluding tert-OH is 1. The monoisotopic (exact) mass is 559 g/mol. The summed E-state index contributed by atoms with van der Waals surface area (Å²) in [6, 6.07) is 5.74. The molecule has 0 spiro atoms. The number of amidine groups is 1. The Balaban J connectivity index is 1.32. The third-order valence-electron chi connectivity index (χ3n) is 7.58. The summed E-state index contributed by atoms with van der Waals surface area (Å²) in [7, 11) is 0. The molecule has 1 aromatic carbocycles. The van der Waals surface area contributed by atoms with Crippen molar-refractivity contribution in [1.29, 1.82) is 0 Å². The lowest BCUT2D eigenvalue weighted by Gasteiger charge is -2.46. The lowest BCUT2D eigenvalue weighted by atomic mass is 9.94. The highest BCUT2D eigenvalue weighted by molar-refractivity contribution is 7.99. The van der Waals surface area contributed by atoms with Crippen LogP contribution in [0.4, 0.5) is 5.69 Å². The van der Waals surface area contributed by atoms with Gasteiger partial charge in [0.25, 0.3) is 5.91 Å². The maximum absolute atomic E-state index is 13.8. The Morgan fingerprint density at radius 1 is 1.32 bits per heavy atom. The number of aliphatic imine (C=N–C) groups is 1. The second-order valence-corrected chi connectivity index (χ2v) is 12.2. The molecule has 0 bridgehead atoms. The van der Waals surface area contributed by atoms with Gasteiger partial charge >= 0.3 is 0 Å². The van der Waals surface area contributed by atoms with Crippen molar-refractivity contribution < 1.29 is 9.90 Å². The summed E-state index contributed by atoms with van der Waals surface area (Å²) in [6.45, 7) is 8.63. The van der Waals surface area contributed by atoms with Gasteiger partial charge in [0.15, 0.2) is 0 Å². The molecule has 5 rings (SSSR count). The number of aliphatic hydroxyl groups is 1. The molecule has 4 aliphatic heterocycles. The van der Waals surface area contributed by atoms with Gasteiger partial charge in [-0.2, -0.15) is 0 Å². The molecular weight excluding hydrogens is 522 g/mol. The Hall–Kier alpha value is -2.24. The fraction of sp³-hybridized carbons (Fsp3) is 0.556. The van der Waals surface area contributed by atoms with Crippen LogP contribution >= 0.6 is 23.5 Å². The zero-order chi connectivity index (χ0) is 27.0. The van der Waals surface area contributed by atoms with Gasteiger partial charge in [0.1, 0.15) is 11.7 Å². The normalized spacial score (nSPS) is 23.9. The highest BCUT2D eigenvalue weighted by Gasteiger charge is 2.40. The molecule has 2 fully saturated rings. The summed E-state index contributed by atoms with van der Waals surface area (Å²) in [6.07, 6.45) is 9.18. The summed E-state index contributed by atoms with van der Waals surface area (Å²) in [4.78, 5) is 23.1. The maximum Gasteiger partial charge on any atom is 0.256 e. The number of likely N-dealkylation sites (tertiary alicyclic amines) is 2. The van der Waals surface area contributed by atoms with Gasteiger partial charge in [-0.1, -0.05) is 23.5 Å². The largest absolute Gasteiger partial charge is 0.394 e. The summed E-state index contributed by atoms with van der Waals surface area (Å²) in [5, 5.41) is 15.6. The Morgan fingerprint density at radius 2 is 2.11 bits per heavy atom. The van der Waals surface area contributed by atoms with Crippen LogP contribution in [0.15, 0.2) is 46.9 Å². The molecule has 4 N–H and O–H groups in total. The fourth-order valence-electron chi connectivity index (χ4n) is 5.64. The number of hydrogen-bond acceptors (Lipinski definition) is 9. The number of rotatable bonds is 7. The molecule has 206 valence electrons. The van der Waals surface area contributed by atoms with E-state index in [4.69, 9.17) is 16.6 Å². The quantitative estimate of drug-likeness (QED) is 0.378. The van der Waals surface area contributed by atoms with E-state index >= 15 is 0 Å². The predicted octanol–water partition coefficient (Wildman–Crippen LogP) is 3.42. The first kappa shape index (κ1) is 27.3. The average Bonchev–Trinajstić information content (AvgIpc) is 3.29. The number of hydrazine groups is 1. The fourth-order valence-corrected chi connectivity index (χ4v) is 6.21. The Labute approximate surface area is 234 Å². The molecule has 0 aromatic heterocycles. The van der Waals surface area contributed by atoms with Gasteiger partial charge in [-0.25, -0.2) is 10.4 Å². The summed E-state index contributed by atoms with van der Waals surface area (Å²) >= 11 is 7.75. The summed E-state index contributed by atoms with van der Waals surface area (Å²) in [5.41, 5.74) is 5.77. The number of anilines is 1. The minimum atomic E-state index is -0.293. The predicted molar refractivity (Wildman–Crippen MR) is 155 cm³/mol. The van der Waals surface area contributed by atoms with Gasteiger partial charge in [-0.15, -0.1) is 0 Å². The van der Waals surface area contributed by atoms with Crippen molar-refractivity contribution in [2.45, 2.75) is 63.7 Å². The molecule has 2 atom stereocenters. The number of piperidine rings is 1. The number of carbonyl (C=O) groups excluding carboxylic acids is 1. The number of amides is 1. The van der Waals surface area contributed by atoms with Crippen molar-refractivity contribution in [3.05, 3.63) is 52.5 Å². The summed E-state index contributed by atoms with van der Waals surface area (Å²) in [5.74, 6) is 1.85. The van der Waals surface area contributed by atoms with Crippen molar-refractivity contribution >= 4 is 41.0 Å². The molecule has 4 aliphatic rings. The van der Waals surface area contributed by atoms with Crippen LogP contribution in [0.2, 0.25) is 5.02 Å². The second-order valence-electron chi connectivity index (χ2n) is 11.1. The maximum atomic E-state index is 13.8.